The van der Waals surface area contributed by atoms with Crippen molar-refractivity contribution in [3.05, 3.63) is 80.4 Å². The molecule has 6 nitrogen and oxygen atoms in total. The molecule has 0 N–H and O–H groups in total. The van der Waals surface area contributed by atoms with Crippen molar-refractivity contribution < 1.29 is 18.3 Å². The Morgan fingerprint density at radius 2 is 1.88 bits per heavy atom. The van der Waals surface area contributed by atoms with Crippen molar-refractivity contribution in [1.82, 2.24) is 9.80 Å². The number of nitrogens with zero attached hydrogens (tertiary/aromatic N) is 2. The van der Waals surface area contributed by atoms with Gasteiger partial charge in [0.05, 0.1) is 30.2 Å². The number of hydrogen-bond donors (Lipinski definition) is 0. The lowest BCUT2D eigenvalue weighted by Crippen LogP contribution is -2.38. The van der Waals surface area contributed by atoms with E-state index in [4.69, 9.17) is 20.8 Å². The molecule has 0 bridgehead atoms. The van der Waals surface area contributed by atoms with Gasteiger partial charge in [-0.3, -0.25) is 14.5 Å². The molecule has 0 saturated carbocycles. The van der Waals surface area contributed by atoms with Crippen molar-refractivity contribution in [1.29, 1.82) is 0 Å². The standard InChI is InChI=1S/C24H22ClFN2O4/c25-16-5-6-19-18(14-16)22(29)20-21(15-3-1-4-17(26)13-15)28(24(30)23(20)32-19)8-2-7-27-9-11-31-12-10-27/h1,3-6,13-14,21H,2,7-12H2. The minimum absolute atomic E-state index is 0.0189. The predicted molar refractivity (Wildman–Crippen MR) is 119 cm³/mol. The lowest BCUT2D eigenvalue weighted by Gasteiger charge is -2.29. The van der Waals surface area contributed by atoms with Crippen molar-refractivity contribution in [2.45, 2.75) is 12.5 Å². The Morgan fingerprint density at radius 3 is 2.66 bits per heavy atom. The van der Waals surface area contributed by atoms with Gasteiger partial charge in [0.1, 0.15) is 11.4 Å². The van der Waals surface area contributed by atoms with Crippen LogP contribution in [0.4, 0.5) is 4.39 Å². The Labute approximate surface area is 189 Å². The first-order valence-corrected chi connectivity index (χ1v) is 11.0. The molecule has 3 heterocycles. The molecule has 32 heavy (non-hydrogen) atoms. The normalized spacial score (nSPS) is 19.0. The van der Waals surface area contributed by atoms with Crippen LogP contribution in [0.25, 0.3) is 11.0 Å². The first-order valence-electron chi connectivity index (χ1n) is 10.7. The predicted octanol–water partition coefficient (Wildman–Crippen LogP) is 3.85. The lowest BCUT2D eigenvalue weighted by molar-refractivity contribution is 0.0353. The van der Waals surface area contributed by atoms with Gasteiger partial charge in [-0.1, -0.05) is 23.7 Å². The van der Waals surface area contributed by atoms with E-state index >= 15 is 0 Å². The molecule has 2 aliphatic rings. The average Bonchev–Trinajstić information content (AvgIpc) is 3.07. The highest BCUT2D eigenvalue weighted by molar-refractivity contribution is 6.31. The van der Waals surface area contributed by atoms with Gasteiger partial charge in [-0.15, -0.1) is 0 Å². The highest BCUT2D eigenvalue weighted by atomic mass is 35.5. The van der Waals surface area contributed by atoms with E-state index in [2.05, 4.69) is 4.90 Å². The summed E-state index contributed by atoms with van der Waals surface area (Å²) in [4.78, 5) is 30.7. The van der Waals surface area contributed by atoms with Crippen LogP contribution in [-0.2, 0) is 4.74 Å². The van der Waals surface area contributed by atoms with Gasteiger partial charge < -0.3 is 14.1 Å². The van der Waals surface area contributed by atoms with Crippen molar-refractivity contribution in [2.75, 3.05) is 39.4 Å². The monoisotopic (exact) mass is 456 g/mol. The molecule has 5 rings (SSSR count). The summed E-state index contributed by atoms with van der Waals surface area (Å²) in [5, 5.41) is 0.708. The van der Waals surface area contributed by atoms with Crippen molar-refractivity contribution in [3.63, 3.8) is 0 Å². The summed E-state index contributed by atoms with van der Waals surface area (Å²) >= 11 is 6.09. The van der Waals surface area contributed by atoms with Gasteiger partial charge in [-0.25, -0.2) is 4.39 Å². The van der Waals surface area contributed by atoms with Crippen LogP contribution >= 0.6 is 11.6 Å². The molecule has 166 valence electrons. The molecule has 1 atom stereocenters. The second-order valence-electron chi connectivity index (χ2n) is 8.08. The molecular weight excluding hydrogens is 435 g/mol. The van der Waals surface area contributed by atoms with Crippen LogP contribution in [0, 0.1) is 5.82 Å². The number of amides is 1. The van der Waals surface area contributed by atoms with Crippen molar-refractivity contribution in [3.8, 4) is 0 Å². The van der Waals surface area contributed by atoms with Gasteiger partial charge >= 0.3 is 0 Å². The van der Waals surface area contributed by atoms with Gasteiger partial charge in [-0.2, -0.15) is 0 Å². The molecule has 1 saturated heterocycles. The molecule has 1 aromatic heterocycles. The van der Waals surface area contributed by atoms with Crippen molar-refractivity contribution in [2.24, 2.45) is 0 Å². The maximum absolute atomic E-state index is 14.1. The van der Waals surface area contributed by atoms with Gasteiger partial charge in [0, 0.05) is 31.2 Å². The van der Waals surface area contributed by atoms with E-state index in [-0.39, 0.29) is 22.7 Å². The summed E-state index contributed by atoms with van der Waals surface area (Å²) in [6.45, 7) is 4.33. The highest BCUT2D eigenvalue weighted by Crippen LogP contribution is 2.38. The summed E-state index contributed by atoms with van der Waals surface area (Å²) < 4.78 is 25.4. The number of rotatable bonds is 5. The highest BCUT2D eigenvalue weighted by Gasteiger charge is 2.42. The van der Waals surface area contributed by atoms with Gasteiger partial charge in [0.15, 0.2) is 5.43 Å². The topological polar surface area (TPSA) is 63.0 Å². The number of fused-ring (bicyclic) bond motifs is 2. The number of halogens is 2. The van der Waals surface area contributed by atoms with E-state index in [0.717, 1.165) is 19.6 Å². The minimum Gasteiger partial charge on any atom is -0.450 e. The van der Waals surface area contributed by atoms with E-state index in [1.807, 2.05) is 0 Å². The maximum Gasteiger partial charge on any atom is 0.290 e. The zero-order valence-electron chi connectivity index (χ0n) is 17.4. The Hall–Kier alpha value is -2.74. The number of carbonyl (C=O) groups excluding carboxylic acids is 1. The zero-order chi connectivity index (χ0) is 22.2. The molecule has 0 aliphatic carbocycles. The third-order valence-corrected chi connectivity index (χ3v) is 6.30. The lowest BCUT2D eigenvalue weighted by atomic mass is 9.98. The summed E-state index contributed by atoms with van der Waals surface area (Å²) in [5.74, 6) is -0.763. The first-order chi connectivity index (χ1) is 15.5. The molecule has 3 aromatic rings. The van der Waals surface area contributed by atoms with E-state index in [1.165, 1.54) is 18.2 Å². The molecular formula is C24H22ClFN2O4. The molecule has 2 aromatic carbocycles. The van der Waals surface area contributed by atoms with Crippen LogP contribution in [0.15, 0.2) is 51.7 Å². The quantitative estimate of drug-likeness (QED) is 0.583. The van der Waals surface area contributed by atoms with Crippen LogP contribution in [0.5, 0.6) is 0 Å². The van der Waals surface area contributed by atoms with Crippen molar-refractivity contribution >= 4 is 28.5 Å². The zero-order valence-corrected chi connectivity index (χ0v) is 18.1. The Kier molecular flexibility index (Phi) is 5.71. The summed E-state index contributed by atoms with van der Waals surface area (Å²) in [5.41, 5.74) is 0.764. The van der Waals surface area contributed by atoms with E-state index in [0.29, 0.717) is 47.7 Å². The first kappa shape index (κ1) is 21.1. The smallest absolute Gasteiger partial charge is 0.290 e. The van der Waals surface area contributed by atoms with Crippen LogP contribution in [0.3, 0.4) is 0 Å². The van der Waals surface area contributed by atoms with Gasteiger partial charge in [0.2, 0.25) is 5.76 Å². The Morgan fingerprint density at radius 1 is 1.06 bits per heavy atom. The fourth-order valence-electron chi connectivity index (χ4n) is 4.54. The van der Waals surface area contributed by atoms with Gasteiger partial charge in [0.25, 0.3) is 5.91 Å². The fourth-order valence-corrected chi connectivity index (χ4v) is 4.71. The number of ether oxygens (including phenoxy) is 1. The van der Waals surface area contributed by atoms with E-state index in [9.17, 15) is 14.0 Å². The fraction of sp³-hybridized carbons (Fsp3) is 0.333. The van der Waals surface area contributed by atoms with Crippen LogP contribution in [0.2, 0.25) is 5.02 Å². The third-order valence-electron chi connectivity index (χ3n) is 6.07. The summed E-state index contributed by atoms with van der Waals surface area (Å²) in [7, 11) is 0. The van der Waals surface area contributed by atoms with Gasteiger partial charge in [-0.05, 0) is 42.3 Å². The van der Waals surface area contributed by atoms with Crippen LogP contribution < -0.4 is 5.43 Å². The molecule has 0 spiro atoms. The second-order valence-corrected chi connectivity index (χ2v) is 8.51. The molecule has 8 heteroatoms. The van der Waals surface area contributed by atoms with E-state index < -0.39 is 11.9 Å². The molecule has 1 fully saturated rings. The summed E-state index contributed by atoms with van der Waals surface area (Å²) in [6.07, 6.45) is 0.713. The number of hydrogen-bond acceptors (Lipinski definition) is 5. The van der Waals surface area contributed by atoms with Crippen LogP contribution in [-0.4, -0.2) is 55.1 Å². The molecule has 1 amide bonds. The maximum atomic E-state index is 14.1. The van der Waals surface area contributed by atoms with Crippen LogP contribution in [0.1, 0.15) is 34.1 Å². The second kappa shape index (κ2) is 8.65. The summed E-state index contributed by atoms with van der Waals surface area (Å²) in [6, 6.07) is 10.0. The largest absolute Gasteiger partial charge is 0.450 e. The Bertz CT molecular complexity index is 1240. The molecule has 2 aliphatic heterocycles. The molecule has 1 unspecified atom stereocenters. The number of carbonyl (C=O) groups is 1. The SMILES string of the molecule is O=C1c2oc3ccc(Cl)cc3c(=O)c2C(c2cccc(F)c2)N1CCCN1CCOCC1. The molecule has 0 radical (unpaired) electrons. The minimum atomic E-state index is -0.711. The number of benzene rings is 2. The van der Waals surface area contributed by atoms with E-state index in [1.54, 1.807) is 29.2 Å². The Balaban J connectivity index is 1.54. The number of morpholine rings is 1. The third kappa shape index (κ3) is 3.81. The average molecular weight is 457 g/mol.